The van der Waals surface area contributed by atoms with Crippen molar-refractivity contribution >= 4 is 46.3 Å². The van der Waals surface area contributed by atoms with E-state index in [1.165, 1.54) is 0 Å². The van der Waals surface area contributed by atoms with E-state index in [2.05, 4.69) is 0 Å². The fraction of sp³-hybridized carbons (Fsp3) is 0. The second kappa shape index (κ2) is 9.73. The van der Waals surface area contributed by atoms with Crippen molar-refractivity contribution in [1.82, 2.24) is 0 Å². The molecule has 0 heterocycles. The Morgan fingerprint density at radius 3 is 1.00 bits per heavy atom. The molecule has 0 bridgehead atoms. The van der Waals surface area contributed by atoms with E-state index in [1.807, 2.05) is 0 Å². The molecule has 0 rings (SSSR count). The second-order valence-electron chi connectivity index (χ2n) is 0.268. The van der Waals surface area contributed by atoms with Crippen molar-refractivity contribution in [3.63, 3.8) is 0 Å². The van der Waals surface area contributed by atoms with Gasteiger partial charge in [-0.25, -0.2) is 0 Å². The molecule has 5 N–H and O–H groups in total. The van der Waals surface area contributed by atoms with Gasteiger partial charge in [-0.05, 0) is 0 Å². The maximum absolute atomic E-state index is 7.23. The van der Waals surface area contributed by atoms with Gasteiger partial charge in [-0.15, -0.1) is 0 Å². The van der Waals surface area contributed by atoms with Crippen LogP contribution in [-0.2, 0) is 0 Å². The Bertz CT molecular complexity index is 12.3. The van der Waals surface area contributed by atoms with Gasteiger partial charge in [0.25, 0.3) is 0 Å². The van der Waals surface area contributed by atoms with Gasteiger partial charge in [-0.3, -0.25) is 0 Å². The SMILES string of the molecule is O.OP(O)O.[Ca]. The Morgan fingerprint density at radius 2 is 1.00 bits per heavy atom. The second-order valence-corrected chi connectivity index (χ2v) is 0.805. The van der Waals surface area contributed by atoms with Gasteiger partial charge in [-0.1, -0.05) is 0 Å². The van der Waals surface area contributed by atoms with Crippen LogP contribution in [0.3, 0.4) is 0 Å². The summed E-state index contributed by atoms with van der Waals surface area (Å²) in [6.07, 6.45) is 0. The van der Waals surface area contributed by atoms with Crippen molar-refractivity contribution < 1.29 is 20.2 Å². The fourth-order valence-electron chi connectivity index (χ4n) is 0. The van der Waals surface area contributed by atoms with Gasteiger partial charge in [-0.2, -0.15) is 0 Å². The van der Waals surface area contributed by atoms with Gasteiger partial charge < -0.3 is 20.2 Å². The smallest absolute Gasteiger partial charge is 0.324 e. The zero-order valence-corrected chi connectivity index (χ0v) is 6.10. The van der Waals surface area contributed by atoms with Crippen LogP contribution >= 0.6 is 8.60 Å². The molecule has 0 spiro atoms. The molecule has 2 radical (unpaired) electrons. The Labute approximate surface area is 66.1 Å². The number of rotatable bonds is 0. The van der Waals surface area contributed by atoms with Crippen LogP contribution in [0.25, 0.3) is 0 Å². The van der Waals surface area contributed by atoms with Crippen LogP contribution in [-0.4, -0.2) is 57.9 Å². The van der Waals surface area contributed by atoms with E-state index in [4.69, 9.17) is 14.7 Å². The van der Waals surface area contributed by atoms with Gasteiger partial charge in [0.15, 0.2) is 0 Å². The molecule has 0 amide bonds. The third kappa shape index (κ3) is 48.5. The minimum absolute atomic E-state index is 0. The summed E-state index contributed by atoms with van der Waals surface area (Å²) in [5.74, 6) is 0. The minimum Gasteiger partial charge on any atom is -0.412 e. The third-order valence-corrected chi connectivity index (χ3v) is 0. The molecule has 0 aromatic carbocycles. The fourth-order valence-corrected chi connectivity index (χ4v) is 0. The summed E-state index contributed by atoms with van der Waals surface area (Å²) >= 11 is 0. The maximum Gasteiger partial charge on any atom is 0.324 e. The maximum atomic E-state index is 7.23. The summed E-state index contributed by atoms with van der Waals surface area (Å²) < 4.78 is 0. The summed E-state index contributed by atoms with van der Waals surface area (Å²) in [7, 11) is -2.62. The van der Waals surface area contributed by atoms with Crippen molar-refractivity contribution in [3.05, 3.63) is 0 Å². The zero-order valence-electron chi connectivity index (χ0n) is 3.00. The molecule has 0 atom stereocenters. The van der Waals surface area contributed by atoms with E-state index in [-0.39, 0.29) is 43.2 Å². The predicted octanol–water partition coefficient (Wildman–Crippen LogP) is -2.02. The molecule has 0 unspecified atom stereocenters. The van der Waals surface area contributed by atoms with Crippen molar-refractivity contribution in [2.75, 3.05) is 0 Å². The largest absolute Gasteiger partial charge is 0.412 e. The first-order valence-corrected chi connectivity index (χ1v) is 1.80. The predicted molar refractivity (Wildman–Crippen MR) is 22.9 cm³/mol. The van der Waals surface area contributed by atoms with Gasteiger partial charge in [0.2, 0.25) is 0 Å². The molecule has 0 aliphatic carbocycles. The Kier molecular flexibility index (Phi) is 25.4. The molecule has 0 aromatic rings. The molecule has 0 saturated heterocycles. The molecule has 6 heteroatoms. The Hall–Kier alpha value is 1.53. The van der Waals surface area contributed by atoms with Crippen LogP contribution in [0.2, 0.25) is 0 Å². The monoisotopic (exact) mass is 140 g/mol. The standard InChI is InChI=1S/Ca.H3O3P.H2O/c;1-4(2)3;/h;1-3H;1H2. The van der Waals surface area contributed by atoms with Gasteiger partial charge in [0, 0.05) is 37.7 Å². The summed E-state index contributed by atoms with van der Waals surface area (Å²) in [4.78, 5) is 21.7. The van der Waals surface area contributed by atoms with Gasteiger partial charge >= 0.3 is 8.60 Å². The number of hydrogen-bond acceptors (Lipinski definition) is 3. The third-order valence-electron chi connectivity index (χ3n) is 0. The van der Waals surface area contributed by atoms with E-state index in [1.54, 1.807) is 0 Å². The van der Waals surface area contributed by atoms with Crippen LogP contribution in [0.1, 0.15) is 0 Å². The average molecular weight is 140 g/mol. The van der Waals surface area contributed by atoms with E-state index >= 15 is 0 Å². The van der Waals surface area contributed by atoms with Crippen LogP contribution < -0.4 is 0 Å². The van der Waals surface area contributed by atoms with E-state index in [9.17, 15) is 0 Å². The van der Waals surface area contributed by atoms with Gasteiger partial charge in [0.05, 0.1) is 0 Å². The van der Waals surface area contributed by atoms with E-state index in [0.717, 1.165) is 0 Å². The first-order valence-electron chi connectivity index (χ1n) is 0.600. The molecule has 0 fully saturated rings. The molecule has 36 valence electrons. The quantitative estimate of drug-likeness (QED) is 0.268. The Balaban J connectivity index is -0.0000000450. The van der Waals surface area contributed by atoms with Crippen LogP contribution in [0.5, 0.6) is 0 Å². The molecule has 0 aliphatic rings. The molecular weight excluding hydrogens is 135 g/mol. The summed E-state index contributed by atoms with van der Waals surface area (Å²) in [5, 5.41) is 0. The zero-order chi connectivity index (χ0) is 3.58. The number of hydrogen-bond donors (Lipinski definition) is 3. The summed E-state index contributed by atoms with van der Waals surface area (Å²) in [6, 6.07) is 0. The summed E-state index contributed by atoms with van der Waals surface area (Å²) in [5.41, 5.74) is 0. The summed E-state index contributed by atoms with van der Waals surface area (Å²) in [6.45, 7) is 0. The molecule has 0 aromatic heterocycles. The first-order chi connectivity index (χ1) is 1.73. The molecule has 6 heavy (non-hydrogen) atoms. The van der Waals surface area contributed by atoms with Crippen LogP contribution in [0.4, 0.5) is 0 Å². The van der Waals surface area contributed by atoms with Crippen molar-refractivity contribution in [2.24, 2.45) is 0 Å². The van der Waals surface area contributed by atoms with Crippen LogP contribution in [0, 0.1) is 0 Å². The van der Waals surface area contributed by atoms with E-state index < -0.39 is 8.60 Å². The van der Waals surface area contributed by atoms with Crippen LogP contribution in [0.15, 0.2) is 0 Å². The molecular formula is H5CaO4P. The van der Waals surface area contributed by atoms with Gasteiger partial charge in [0.1, 0.15) is 0 Å². The minimum atomic E-state index is -2.62. The Morgan fingerprint density at radius 1 is 1.00 bits per heavy atom. The first kappa shape index (κ1) is 15.6. The van der Waals surface area contributed by atoms with Crippen molar-refractivity contribution in [3.8, 4) is 0 Å². The van der Waals surface area contributed by atoms with Crippen molar-refractivity contribution in [2.45, 2.75) is 0 Å². The topological polar surface area (TPSA) is 92.2 Å². The molecule has 0 aliphatic heterocycles. The van der Waals surface area contributed by atoms with E-state index in [0.29, 0.717) is 0 Å². The average Bonchev–Trinajstić information content (AvgIpc) is 0.811. The normalized spacial score (nSPS) is 6.00. The molecule has 0 saturated carbocycles. The van der Waals surface area contributed by atoms with Crippen molar-refractivity contribution in [1.29, 1.82) is 0 Å². The molecule has 4 nitrogen and oxygen atoms in total.